The van der Waals surface area contributed by atoms with Gasteiger partial charge in [-0.3, -0.25) is 14.9 Å². The number of aryl methyl sites for hydroxylation is 3. The minimum absolute atomic E-state index is 0.0153. The summed E-state index contributed by atoms with van der Waals surface area (Å²) >= 11 is 0. The van der Waals surface area contributed by atoms with Crippen LogP contribution >= 0.6 is 0 Å². The van der Waals surface area contributed by atoms with E-state index >= 15 is 0 Å². The van der Waals surface area contributed by atoms with E-state index in [4.69, 9.17) is 4.98 Å². The van der Waals surface area contributed by atoms with E-state index in [9.17, 15) is 4.79 Å². The molecule has 1 fully saturated rings. The van der Waals surface area contributed by atoms with Crippen molar-refractivity contribution < 1.29 is 4.79 Å². The summed E-state index contributed by atoms with van der Waals surface area (Å²) in [5.41, 5.74) is 7.40. The third-order valence-electron chi connectivity index (χ3n) is 6.67. The second-order valence-electron chi connectivity index (χ2n) is 9.79. The Morgan fingerprint density at radius 1 is 1.11 bits per heavy atom. The van der Waals surface area contributed by atoms with Crippen LogP contribution in [0.5, 0.6) is 0 Å². The quantitative estimate of drug-likeness (QED) is 0.421. The number of hydrogen-bond acceptors (Lipinski definition) is 5. The SMILES string of the molecule is Cc1cc(Cc2cc(C)[nH]n2)nc(C2CC(C(=O)N[C@@H](C)c3ccc(-n4cc(C)cn4)nc3)C2)c1. The maximum absolute atomic E-state index is 12.9. The van der Waals surface area contributed by atoms with Gasteiger partial charge in [0.2, 0.25) is 5.91 Å². The van der Waals surface area contributed by atoms with Crippen LogP contribution in [0, 0.1) is 26.7 Å². The van der Waals surface area contributed by atoms with Crippen LogP contribution in [0.1, 0.15) is 71.2 Å². The third kappa shape index (κ3) is 5.16. The monoisotopic (exact) mass is 469 g/mol. The maximum Gasteiger partial charge on any atom is 0.223 e. The van der Waals surface area contributed by atoms with E-state index < -0.39 is 0 Å². The van der Waals surface area contributed by atoms with E-state index in [1.54, 1.807) is 17.1 Å². The number of H-pyrrole nitrogens is 1. The normalized spacial score (nSPS) is 18.2. The molecule has 4 aromatic rings. The maximum atomic E-state index is 12.9. The summed E-state index contributed by atoms with van der Waals surface area (Å²) in [6, 6.07) is 10.1. The molecule has 4 aromatic heterocycles. The molecule has 2 N–H and O–H groups in total. The second-order valence-corrected chi connectivity index (χ2v) is 9.79. The van der Waals surface area contributed by atoms with Crippen molar-refractivity contribution in [2.24, 2.45) is 5.92 Å². The molecule has 1 amide bonds. The van der Waals surface area contributed by atoms with Crippen molar-refractivity contribution in [3.05, 3.63) is 88.4 Å². The Bertz CT molecular complexity index is 1330. The van der Waals surface area contributed by atoms with E-state index in [0.29, 0.717) is 12.3 Å². The third-order valence-corrected chi connectivity index (χ3v) is 6.67. The number of carbonyl (C=O) groups is 1. The lowest BCUT2D eigenvalue weighted by Gasteiger charge is -2.35. The smallest absolute Gasteiger partial charge is 0.223 e. The predicted octanol–water partition coefficient (Wildman–Crippen LogP) is 4.27. The molecule has 1 aliphatic carbocycles. The van der Waals surface area contributed by atoms with Gasteiger partial charge in [-0.15, -0.1) is 0 Å². The van der Waals surface area contributed by atoms with Crippen molar-refractivity contribution in [3.63, 3.8) is 0 Å². The number of rotatable bonds is 7. The molecule has 0 bridgehead atoms. The summed E-state index contributed by atoms with van der Waals surface area (Å²) < 4.78 is 1.75. The zero-order valence-corrected chi connectivity index (χ0v) is 20.6. The zero-order chi connectivity index (χ0) is 24.5. The van der Waals surface area contributed by atoms with Crippen molar-refractivity contribution in [1.82, 2.24) is 35.3 Å². The fraction of sp³-hybridized carbons (Fsp3) is 0.370. The molecule has 4 heterocycles. The van der Waals surface area contributed by atoms with Crippen LogP contribution in [0.25, 0.3) is 5.82 Å². The first-order valence-corrected chi connectivity index (χ1v) is 12.1. The van der Waals surface area contributed by atoms with Crippen LogP contribution in [0.15, 0.2) is 48.9 Å². The lowest BCUT2D eigenvalue weighted by molar-refractivity contribution is -0.128. The van der Waals surface area contributed by atoms with E-state index in [1.807, 2.05) is 39.1 Å². The van der Waals surface area contributed by atoms with E-state index in [-0.39, 0.29) is 17.9 Å². The Morgan fingerprint density at radius 2 is 1.94 bits per heavy atom. The van der Waals surface area contributed by atoms with Gasteiger partial charge in [-0.1, -0.05) is 6.07 Å². The number of nitrogens with zero attached hydrogens (tertiary/aromatic N) is 5. The first kappa shape index (κ1) is 23.0. The highest BCUT2D eigenvalue weighted by molar-refractivity contribution is 5.80. The van der Waals surface area contributed by atoms with Gasteiger partial charge >= 0.3 is 0 Å². The molecule has 1 saturated carbocycles. The first-order valence-electron chi connectivity index (χ1n) is 12.1. The van der Waals surface area contributed by atoms with Gasteiger partial charge < -0.3 is 5.32 Å². The Labute approximate surface area is 205 Å². The Balaban J connectivity index is 1.16. The van der Waals surface area contributed by atoms with Crippen LogP contribution in [0.2, 0.25) is 0 Å². The van der Waals surface area contributed by atoms with E-state index in [0.717, 1.165) is 52.6 Å². The molecular formula is C27H31N7O. The predicted molar refractivity (Wildman–Crippen MR) is 133 cm³/mol. The molecule has 5 rings (SSSR count). The fourth-order valence-corrected chi connectivity index (χ4v) is 4.63. The number of nitrogens with one attached hydrogen (secondary N) is 2. The molecule has 0 unspecified atom stereocenters. The standard InChI is InChI=1S/C27H31N7O/c1-16-7-23(12-24-9-18(3)32-33-24)31-25(8-16)21-10-22(11-21)27(35)30-19(4)20-5-6-26(28-14-20)34-15-17(2)13-29-34/h5-9,13-15,19,21-22H,10-12H2,1-4H3,(H,30,35)(H,32,33)/t19-,21?,22?/m0/s1. The van der Waals surface area contributed by atoms with Crippen LogP contribution in [0.4, 0.5) is 0 Å². The van der Waals surface area contributed by atoms with Gasteiger partial charge in [0.05, 0.1) is 17.9 Å². The molecule has 0 aliphatic heterocycles. The van der Waals surface area contributed by atoms with Crippen LogP contribution in [0.3, 0.4) is 0 Å². The van der Waals surface area contributed by atoms with Crippen molar-refractivity contribution in [3.8, 4) is 5.82 Å². The minimum Gasteiger partial charge on any atom is -0.349 e. The highest BCUT2D eigenvalue weighted by Gasteiger charge is 2.36. The van der Waals surface area contributed by atoms with Crippen LogP contribution in [-0.4, -0.2) is 35.9 Å². The Morgan fingerprint density at radius 3 is 2.60 bits per heavy atom. The Hall–Kier alpha value is -3.81. The molecule has 0 saturated heterocycles. The zero-order valence-electron chi connectivity index (χ0n) is 20.6. The number of carbonyl (C=O) groups excluding carboxylic acids is 1. The molecule has 0 aromatic carbocycles. The molecule has 0 radical (unpaired) electrons. The van der Waals surface area contributed by atoms with E-state index in [2.05, 4.69) is 50.7 Å². The number of pyridine rings is 2. The summed E-state index contributed by atoms with van der Waals surface area (Å²) in [6.45, 7) is 8.09. The molecular weight excluding hydrogens is 438 g/mol. The van der Waals surface area contributed by atoms with Crippen molar-refractivity contribution in [2.45, 2.75) is 58.9 Å². The summed E-state index contributed by atoms with van der Waals surface area (Å²) in [7, 11) is 0. The first-order chi connectivity index (χ1) is 16.8. The summed E-state index contributed by atoms with van der Waals surface area (Å²) in [4.78, 5) is 22.3. The molecule has 1 atom stereocenters. The Kier molecular flexibility index (Phi) is 6.19. The topological polar surface area (TPSA) is 101 Å². The van der Waals surface area contributed by atoms with Crippen molar-refractivity contribution >= 4 is 5.91 Å². The number of amides is 1. The summed E-state index contributed by atoms with van der Waals surface area (Å²) in [6.07, 6.45) is 7.90. The van der Waals surface area contributed by atoms with Gasteiger partial charge in [-0.25, -0.2) is 9.67 Å². The lowest BCUT2D eigenvalue weighted by Crippen LogP contribution is -2.39. The van der Waals surface area contributed by atoms with Crippen molar-refractivity contribution in [1.29, 1.82) is 0 Å². The summed E-state index contributed by atoms with van der Waals surface area (Å²) in [5, 5.41) is 14.8. The van der Waals surface area contributed by atoms with E-state index in [1.165, 1.54) is 5.56 Å². The average Bonchev–Trinajstić information content (AvgIpc) is 3.40. The largest absolute Gasteiger partial charge is 0.349 e. The highest BCUT2D eigenvalue weighted by atomic mass is 16.2. The second kappa shape index (κ2) is 9.44. The molecule has 180 valence electrons. The van der Waals surface area contributed by atoms with Gasteiger partial charge in [0.1, 0.15) is 0 Å². The molecule has 1 aliphatic rings. The minimum atomic E-state index is -0.108. The number of aromatic nitrogens is 6. The molecule has 0 spiro atoms. The van der Waals surface area contributed by atoms with Gasteiger partial charge in [0, 0.05) is 47.7 Å². The average molecular weight is 470 g/mol. The van der Waals surface area contributed by atoms with Crippen LogP contribution < -0.4 is 5.32 Å². The number of aromatic amines is 1. The van der Waals surface area contributed by atoms with Gasteiger partial charge in [0.25, 0.3) is 0 Å². The lowest BCUT2D eigenvalue weighted by atomic mass is 9.72. The highest BCUT2D eigenvalue weighted by Crippen LogP contribution is 2.41. The number of hydrogen-bond donors (Lipinski definition) is 2. The van der Waals surface area contributed by atoms with Gasteiger partial charge in [-0.2, -0.15) is 10.2 Å². The van der Waals surface area contributed by atoms with Gasteiger partial charge in [0.15, 0.2) is 5.82 Å². The van der Waals surface area contributed by atoms with Gasteiger partial charge in [-0.05, 0) is 81.5 Å². The molecule has 8 heteroatoms. The van der Waals surface area contributed by atoms with Crippen LogP contribution in [-0.2, 0) is 11.2 Å². The summed E-state index contributed by atoms with van der Waals surface area (Å²) in [5.74, 6) is 1.19. The molecule has 8 nitrogen and oxygen atoms in total. The molecule has 35 heavy (non-hydrogen) atoms. The van der Waals surface area contributed by atoms with Crippen molar-refractivity contribution in [2.75, 3.05) is 0 Å². The fourth-order valence-electron chi connectivity index (χ4n) is 4.63.